The smallest absolute Gasteiger partial charge is 0.147 e. The Hall–Kier alpha value is -6.48. The molecule has 0 bridgehead atoms. The molecule has 0 radical (unpaired) electrons. The van der Waals surface area contributed by atoms with Crippen molar-refractivity contribution in [2.75, 3.05) is 13.2 Å². The number of aryl methyl sites for hydroxylation is 2. The van der Waals surface area contributed by atoms with Gasteiger partial charge in [-0.15, -0.1) is 22.7 Å². The molecule has 10 aromatic rings. The summed E-state index contributed by atoms with van der Waals surface area (Å²) in [5.41, 5.74) is 11.1. The number of hydrogen-bond donors (Lipinski definition) is 2. The first-order chi connectivity index (χ1) is 28.5. The SMILES string of the molecule is Cc1cc(-c2cscc2OCCCCOc2cscc2-c2cc(C)cc(-n3c4ccccc4c4ccccc43)c2O)c(O)c(-n2c3ccccc3c3ccccc32)c1. The zero-order valence-electron chi connectivity index (χ0n) is 32.1. The number of rotatable bonds is 11. The molecule has 0 aliphatic rings. The molecule has 6 nitrogen and oxygen atoms in total. The second-order valence-electron chi connectivity index (χ2n) is 14.8. The van der Waals surface area contributed by atoms with Crippen molar-refractivity contribution in [2.45, 2.75) is 26.7 Å². The first kappa shape index (κ1) is 35.9. The van der Waals surface area contributed by atoms with Crippen LogP contribution in [0.4, 0.5) is 0 Å². The Morgan fingerprint density at radius 1 is 0.448 bits per heavy atom. The second kappa shape index (κ2) is 14.8. The standard InChI is InChI=1S/C50H40N2O4S2/c1-31-23-37(49(53)45(25-31)51-41-17-7-3-13-33(41)34-14-4-8-18-42(34)51)39-27-57-29-47(39)55-21-11-12-22-56-48-30-58-28-40(48)38-24-32(2)26-46(50(38)54)52-43-19-9-5-15-35(43)36-16-6-10-20-44(36)52/h3-10,13-20,23-30,53-54H,11-12,21-22H2,1-2H3. The highest BCUT2D eigenvalue weighted by molar-refractivity contribution is 7.08. The van der Waals surface area contributed by atoms with E-state index in [0.29, 0.717) is 13.2 Å². The monoisotopic (exact) mass is 796 g/mol. The molecule has 0 unspecified atom stereocenters. The summed E-state index contributed by atoms with van der Waals surface area (Å²) in [4.78, 5) is 0. The quantitative estimate of drug-likeness (QED) is 0.128. The fraction of sp³-hybridized carbons (Fsp3) is 0.120. The van der Waals surface area contributed by atoms with E-state index in [-0.39, 0.29) is 11.5 Å². The van der Waals surface area contributed by atoms with E-state index in [2.05, 4.69) is 108 Å². The Kier molecular flexibility index (Phi) is 9.16. The average Bonchev–Trinajstić information content (AvgIpc) is 4.05. The molecule has 0 amide bonds. The molecule has 8 heteroatoms. The van der Waals surface area contributed by atoms with Gasteiger partial charge >= 0.3 is 0 Å². The molecule has 0 fully saturated rings. The number of phenols is 2. The van der Waals surface area contributed by atoms with Gasteiger partial charge in [0.15, 0.2) is 0 Å². The van der Waals surface area contributed by atoms with Gasteiger partial charge in [0, 0.05) is 65.3 Å². The molecular formula is C50H40N2O4S2. The van der Waals surface area contributed by atoms with E-state index in [1.165, 1.54) is 0 Å². The molecule has 0 saturated carbocycles. The van der Waals surface area contributed by atoms with Gasteiger partial charge in [0.1, 0.15) is 23.0 Å². The summed E-state index contributed by atoms with van der Waals surface area (Å²) in [5, 5.41) is 36.5. The van der Waals surface area contributed by atoms with Crippen LogP contribution in [0.5, 0.6) is 23.0 Å². The zero-order valence-corrected chi connectivity index (χ0v) is 33.7. The number of ether oxygens (including phenoxy) is 2. The van der Waals surface area contributed by atoms with Crippen LogP contribution in [0.1, 0.15) is 24.0 Å². The van der Waals surface area contributed by atoms with Crippen molar-refractivity contribution in [3.63, 3.8) is 0 Å². The third kappa shape index (κ3) is 6.08. The molecule has 286 valence electrons. The van der Waals surface area contributed by atoms with Crippen LogP contribution < -0.4 is 9.47 Å². The summed E-state index contributed by atoms with van der Waals surface area (Å²) < 4.78 is 17.1. The van der Waals surface area contributed by atoms with Gasteiger partial charge in [-0.2, -0.15) is 0 Å². The van der Waals surface area contributed by atoms with Crippen LogP contribution in [-0.2, 0) is 0 Å². The van der Waals surface area contributed by atoms with Crippen molar-refractivity contribution in [3.8, 4) is 56.6 Å². The predicted octanol–water partition coefficient (Wildman–Crippen LogP) is 13.6. The Morgan fingerprint density at radius 2 is 0.793 bits per heavy atom. The maximum absolute atomic E-state index is 11.9. The minimum Gasteiger partial charge on any atom is -0.505 e. The molecule has 4 aromatic heterocycles. The number of phenolic OH excluding ortho intramolecular Hbond substituents is 2. The number of nitrogens with zero attached hydrogens (tertiary/aromatic N) is 2. The maximum Gasteiger partial charge on any atom is 0.147 e. The van der Waals surface area contributed by atoms with Crippen molar-refractivity contribution in [1.82, 2.24) is 9.13 Å². The summed E-state index contributed by atoms with van der Waals surface area (Å²) >= 11 is 3.13. The summed E-state index contributed by atoms with van der Waals surface area (Å²) in [6.07, 6.45) is 1.57. The average molecular weight is 797 g/mol. The van der Waals surface area contributed by atoms with Gasteiger partial charge in [-0.25, -0.2) is 0 Å². The molecule has 4 heterocycles. The van der Waals surface area contributed by atoms with E-state index in [4.69, 9.17) is 9.47 Å². The lowest BCUT2D eigenvalue weighted by Gasteiger charge is -2.16. The van der Waals surface area contributed by atoms with E-state index in [1.54, 1.807) is 22.7 Å². The number of aromatic nitrogens is 2. The van der Waals surface area contributed by atoms with Crippen LogP contribution in [-0.4, -0.2) is 32.6 Å². The van der Waals surface area contributed by atoms with E-state index < -0.39 is 0 Å². The van der Waals surface area contributed by atoms with Gasteiger partial charge in [-0.3, -0.25) is 0 Å². The van der Waals surface area contributed by atoms with Crippen LogP contribution >= 0.6 is 22.7 Å². The van der Waals surface area contributed by atoms with Gasteiger partial charge in [0.05, 0.1) is 46.7 Å². The number of unbranched alkanes of at least 4 members (excludes halogenated alkanes) is 1. The number of benzene rings is 6. The van der Waals surface area contributed by atoms with Crippen LogP contribution in [0, 0.1) is 13.8 Å². The third-order valence-electron chi connectivity index (χ3n) is 11.0. The van der Waals surface area contributed by atoms with Crippen molar-refractivity contribution in [3.05, 3.63) is 154 Å². The van der Waals surface area contributed by atoms with Crippen molar-refractivity contribution < 1.29 is 19.7 Å². The minimum absolute atomic E-state index is 0.224. The summed E-state index contributed by atoms with van der Waals surface area (Å²) in [7, 11) is 0. The first-order valence-corrected chi connectivity index (χ1v) is 21.4. The topological polar surface area (TPSA) is 68.8 Å². The number of thiophene rings is 2. The summed E-state index contributed by atoms with van der Waals surface area (Å²) in [6, 6.07) is 41.5. The first-order valence-electron chi connectivity index (χ1n) is 19.5. The van der Waals surface area contributed by atoms with Gasteiger partial charge in [0.2, 0.25) is 0 Å². The Bertz CT molecular complexity index is 2830. The van der Waals surface area contributed by atoms with Crippen molar-refractivity contribution >= 4 is 66.3 Å². The fourth-order valence-electron chi connectivity index (χ4n) is 8.39. The van der Waals surface area contributed by atoms with Crippen LogP contribution in [0.3, 0.4) is 0 Å². The highest BCUT2D eigenvalue weighted by Gasteiger charge is 2.22. The highest BCUT2D eigenvalue weighted by atomic mass is 32.1. The number of fused-ring (bicyclic) bond motifs is 6. The van der Waals surface area contributed by atoms with Gasteiger partial charge in [-0.05, 0) is 86.3 Å². The molecule has 0 aliphatic heterocycles. The number of para-hydroxylation sites is 4. The van der Waals surface area contributed by atoms with Gasteiger partial charge in [0.25, 0.3) is 0 Å². The molecule has 0 spiro atoms. The molecule has 10 rings (SSSR count). The zero-order chi connectivity index (χ0) is 39.3. The predicted molar refractivity (Wildman–Crippen MR) is 241 cm³/mol. The third-order valence-corrected chi connectivity index (χ3v) is 12.4. The molecule has 0 atom stereocenters. The molecule has 0 saturated heterocycles. The van der Waals surface area contributed by atoms with E-state index in [0.717, 1.165) is 113 Å². The van der Waals surface area contributed by atoms with Gasteiger partial charge in [-0.1, -0.05) is 72.8 Å². The molecule has 2 N–H and O–H groups in total. The Morgan fingerprint density at radius 3 is 1.16 bits per heavy atom. The molecule has 0 aliphatic carbocycles. The lowest BCUT2D eigenvalue weighted by Crippen LogP contribution is -2.03. The molecule has 6 aromatic carbocycles. The van der Waals surface area contributed by atoms with Crippen LogP contribution in [0.15, 0.2) is 143 Å². The minimum atomic E-state index is 0.224. The maximum atomic E-state index is 11.9. The fourth-order valence-corrected chi connectivity index (χ4v) is 9.92. The van der Waals surface area contributed by atoms with E-state index in [9.17, 15) is 10.2 Å². The molecular weight excluding hydrogens is 757 g/mol. The Balaban J connectivity index is 0.845. The van der Waals surface area contributed by atoms with E-state index >= 15 is 0 Å². The normalized spacial score (nSPS) is 11.7. The lowest BCUT2D eigenvalue weighted by atomic mass is 10.0. The number of hydrogen-bond acceptors (Lipinski definition) is 6. The van der Waals surface area contributed by atoms with Crippen LogP contribution in [0.25, 0.3) is 77.2 Å². The molecule has 58 heavy (non-hydrogen) atoms. The largest absolute Gasteiger partial charge is 0.505 e. The lowest BCUT2D eigenvalue weighted by molar-refractivity contribution is 0.268. The second-order valence-corrected chi connectivity index (χ2v) is 16.3. The van der Waals surface area contributed by atoms with Crippen molar-refractivity contribution in [2.24, 2.45) is 0 Å². The highest BCUT2D eigenvalue weighted by Crippen LogP contribution is 2.46. The Labute approximate surface area is 344 Å². The van der Waals surface area contributed by atoms with Crippen molar-refractivity contribution in [1.29, 1.82) is 0 Å². The van der Waals surface area contributed by atoms with Gasteiger partial charge < -0.3 is 28.8 Å². The number of aromatic hydroxyl groups is 2. The van der Waals surface area contributed by atoms with Crippen LogP contribution in [0.2, 0.25) is 0 Å². The van der Waals surface area contributed by atoms with E-state index in [1.807, 2.05) is 57.9 Å². The summed E-state index contributed by atoms with van der Waals surface area (Å²) in [5.74, 6) is 1.97. The summed E-state index contributed by atoms with van der Waals surface area (Å²) in [6.45, 7) is 5.15.